The van der Waals surface area contributed by atoms with Gasteiger partial charge in [0.15, 0.2) is 5.78 Å². The third-order valence-corrected chi connectivity index (χ3v) is 5.36. The molecule has 0 bridgehead atoms. The monoisotopic (exact) mass is 493 g/mol. The van der Waals surface area contributed by atoms with Crippen molar-refractivity contribution in [1.29, 1.82) is 0 Å². The third-order valence-electron chi connectivity index (χ3n) is 5.36. The molecule has 0 aliphatic rings. The minimum absolute atomic E-state index is 0.0464. The van der Waals surface area contributed by atoms with Gasteiger partial charge in [0, 0.05) is 35.3 Å². The predicted octanol–water partition coefficient (Wildman–Crippen LogP) is 2.28. The van der Waals surface area contributed by atoms with E-state index in [1.165, 1.54) is 0 Å². The number of aliphatic hydroxyl groups is 1. The number of hydrogen-bond acceptors (Lipinski definition) is 5. The van der Waals surface area contributed by atoms with Gasteiger partial charge in [-0.1, -0.05) is 42.2 Å². The molecule has 186 valence electrons. The van der Waals surface area contributed by atoms with Crippen LogP contribution in [-0.2, 0) is 16.0 Å². The van der Waals surface area contributed by atoms with Gasteiger partial charge in [-0.2, -0.15) is 0 Å². The van der Waals surface area contributed by atoms with Crippen LogP contribution in [0.3, 0.4) is 0 Å². The van der Waals surface area contributed by atoms with Crippen LogP contribution < -0.4 is 16.4 Å². The first-order chi connectivity index (χ1) is 18.0. The van der Waals surface area contributed by atoms with Crippen LogP contribution in [0.4, 0.5) is 5.69 Å². The Morgan fingerprint density at radius 3 is 2.00 bits per heavy atom. The second-order valence-corrected chi connectivity index (χ2v) is 8.07. The van der Waals surface area contributed by atoms with Gasteiger partial charge in [0.05, 0.1) is 0 Å². The van der Waals surface area contributed by atoms with E-state index in [0.29, 0.717) is 29.7 Å². The molecule has 0 aromatic heterocycles. The Morgan fingerprint density at radius 2 is 1.43 bits per heavy atom. The minimum Gasteiger partial charge on any atom is -0.388 e. The topological polar surface area (TPSA) is 122 Å². The van der Waals surface area contributed by atoms with E-state index in [-0.39, 0.29) is 12.5 Å². The standard InChI is InChI=1S/C30H27N3O4/c31-20-27(28(35)21-34)33-30(37)25-15-10-23(11-16-25)8-4-5-9-24-12-17-26(18-13-24)32-29(36)19-14-22-6-2-1-3-7-22/h1-3,6-7,10-13,15-18,27,34H,14,19-21,31H2,(H,32,36)(H,33,37)/t27-/m0/s1. The zero-order valence-electron chi connectivity index (χ0n) is 20.2. The van der Waals surface area contributed by atoms with Crippen molar-refractivity contribution in [3.05, 3.63) is 101 Å². The second kappa shape index (κ2) is 14.0. The number of ketones is 1. The lowest BCUT2D eigenvalue weighted by Crippen LogP contribution is -2.46. The van der Waals surface area contributed by atoms with Crippen LogP contribution in [0.15, 0.2) is 78.9 Å². The number of Topliss-reactive ketones (excluding diaryl/α,β-unsaturated/α-hetero) is 1. The Labute approximate surface area is 216 Å². The molecule has 7 nitrogen and oxygen atoms in total. The van der Waals surface area contributed by atoms with Gasteiger partial charge in [-0.15, -0.1) is 0 Å². The Hall–Kier alpha value is -4.69. The minimum atomic E-state index is -0.933. The van der Waals surface area contributed by atoms with Crippen LogP contribution in [0.25, 0.3) is 0 Å². The van der Waals surface area contributed by atoms with Gasteiger partial charge in [0.1, 0.15) is 12.6 Å². The van der Waals surface area contributed by atoms with E-state index >= 15 is 0 Å². The first kappa shape index (κ1) is 26.9. The van der Waals surface area contributed by atoms with Crippen molar-refractivity contribution in [3.63, 3.8) is 0 Å². The fraction of sp³-hybridized carbons (Fsp3) is 0.167. The maximum Gasteiger partial charge on any atom is 0.251 e. The Kier molecular flexibility index (Phi) is 10.2. The molecule has 0 aliphatic carbocycles. The molecule has 0 saturated carbocycles. The second-order valence-electron chi connectivity index (χ2n) is 8.07. The normalized spacial score (nSPS) is 10.6. The van der Waals surface area contributed by atoms with E-state index in [4.69, 9.17) is 10.8 Å². The number of carbonyl (C=O) groups excluding carboxylic acids is 3. The molecule has 7 heteroatoms. The number of aliphatic hydroxyl groups excluding tert-OH is 1. The molecule has 0 unspecified atom stereocenters. The van der Waals surface area contributed by atoms with Gasteiger partial charge in [0.2, 0.25) is 5.91 Å². The molecule has 3 aromatic carbocycles. The van der Waals surface area contributed by atoms with E-state index < -0.39 is 24.3 Å². The zero-order chi connectivity index (χ0) is 26.5. The number of benzene rings is 3. The Bertz CT molecular complexity index is 1340. The lowest BCUT2D eigenvalue weighted by molar-refractivity contribution is -0.123. The number of aryl methyl sites for hydroxylation is 1. The summed E-state index contributed by atoms with van der Waals surface area (Å²) < 4.78 is 0. The Balaban J connectivity index is 1.50. The van der Waals surface area contributed by atoms with Crippen LogP contribution >= 0.6 is 0 Å². The average Bonchev–Trinajstić information content (AvgIpc) is 2.94. The molecular formula is C30H27N3O4. The van der Waals surface area contributed by atoms with Crippen LogP contribution in [-0.4, -0.2) is 41.9 Å². The van der Waals surface area contributed by atoms with Crippen LogP contribution in [0.1, 0.15) is 33.5 Å². The number of anilines is 1. The molecule has 3 rings (SSSR count). The van der Waals surface area contributed by atoms with Crippen LogP contribution in [0.2, 0.25) is 0 Å². The third kappa shape index (κ3) is 8.79. The largest absolute Gasteiger partial charge is 0.388 e. The molecule has 0 heterocycles. The van der Waals surface area contributed by atoms with E-state index in [9.17, 15) is 14.4 Å². The molecule has 0 radical (unpaired) electrons. The number of amides is 2. The number of hydrogen-bond donors (Lipinski definition) is 4. The van der Waals surface area contributed by atoms with E-state index in [0.717, 1.165) is 11.1 Å². The maximum absolute atomic E-state index is 12.3. The number of rotatable bonds is 9. The van der Waals surface area contributed by atoms with Crippen molar-refractivity contribution in [2.24, 2.45) is 5.73 Å². The first-order valence-corrected chi connectivity index (χ1v) is 11.7. The predicted molar refractivity (Wildman–Crippen MR) is 142 cm³/mol. The Morgan fingerprint density at radius 1 is 0.838 bits per heavy atom. The highest BCUT2D eigenvalue weighted by molar-refractivity contribution is 5.98. The van der Waals surface area contributed by atoms with Crippen molar-refractivity contribution in [2.45, 2.75) is 18.9 Å². The van der Waals surface area contributed by atoms with Gasteiger partial charge in [0.25, 0.3) is 5.91 Å². The highest BCUT2D eigenvalue weighted by Crippen LogP contribution is 2.10. The molecular weight excluding hydrogens is 466 g/mol. The van der Waals surface area contributed by atoms with Gasteiger partial charge in [-0.3, -0.25) is 14.4 Å². The summed E-state index contributed by atoms with van der Waals surface area (Å²) in [4.78, 5) is 36.0. The quantitative estimate of drug-likeness (QED) is 0.341. The number of carbonyl (C=O) groups is 3. The first-order valence-electron chi connectivity index (χ1n) is 11.7. The van der Waals surface area contributed by atoms with E-state index in [1.807, 2.05) is 42.5 Å². The highest BCUT2D eigenvalue weighted by Gasteiger charge is 2.18. The molecule has 3 aromatic rings. The van der Waals surface area contributed by atoms with Crippen molar-refractivity contribution < 1.29 is 19.5 Å². The SMILES string of the molecule is NC[C@H](NC(=O)c1ccc(C#CC#Cc2ccc(NC(=O)CCc3ccccc3)cc2)cc1)C(=O)CO. The van der Waals surface area contributed by atoms with Crippen molar-refractivity contribution in [1.82, 2.24) is 5.32 Å². The molecule has 0 spiro atoms. The summed E-state index contributed by atoms with van der Waals surface area (Å²) in [7, 11) is 0. The van der Waals surface area contributed by atoms with Crippen molar-refractivity contribution >= 4 is 23.3 Å². The fourth-order valence-electron chi connectivity index (χ4n) is 3.30. The summed E-state index contributed by atoms with van der Waals surface area (Å²) in [6, 6.07) is 22.7. The summed E-state index contributed by atoms with van der Waals surface area (Å²) in [5.74, 6) is 10.4. The molecule has 2 amide bonds. The molecule has 1 atom stereocenters. The molecule has 37 heavy (non-hydrogen) atoms. The van der Waals surface area contributed by atoms with Gasteiger partial charge in [-0.05, 0) is 72.4 Å². The zero-order valence-corrected chi connectivity index (χ0v) is 20.2. The maximum atomic E-state index is 12.3. The van der Waals surface area contributed by atoms with E-state index in [1.54, 1.807) is 36.4 Å². The molecule has 0 fully saturated rings. The van der Waals surface area contributed by atoms with Crippen LogP contribution in [0.5, 0.6) is 0 Å². The molecule has 0 saturated heterocycles. The van der Waals surface area contributed by atoms with Gasteiger partial charge < -0.3 is 21.5 Å². The molecule has 5 N–H and O–H groups in total. The number of nitrogens with two attached hydrogens (primary N) is 1. The van der Waals surface area contributed by atoms with Crippen molar-refractivity contribution in [2.75, 3.05) is 18.5 Å². The van der Waals surface area contributed by atoms with Gasteiger partial charge in [-0.25, -0.2) is 0 Å². The summed E-state index contributed by atoms with van der Waals surface area (Å²) in [5, 5.41) is 14.3. The van der Waals surface area contributed by atoms with E-state index in [2.05, 4.69) is 34.3 Å². The lowest BCUT2D eigenvalue weighted by atomic mass is 10.1. The van der Waals surface area contributed by atoms with Gasteiger partial charge >= 0.3 is 0 Å². The summed E-state index contributed by atoms with van der Waals surface area (Å²) in [5.41, 5.74) is 9.07. The summed E-state index contributed by atoms with van der Waals surface area (Å²) in [6.07, 6.45) is 1.09. The lowest BCUT2D eigenvalue weighted by Gasteiger charge is -2.14. The number of nitrogens with one attached hydrogen (secondary N) is 2. The smallest absolute Gasteiger partial charge is 0.251 e. The highest BCUT2D eigenvalue weighted by atomic mass is 16.3. The summed E-state index contributed by atoms with van der Waals surface area (Å²) >= 11 is 0. The van der Waals surface area contributed by atoms with Crippen molar-refractivity contribution in [3.8, 4) is 23.7 Å². The van der Waals surface area contributed by atoms with Crippen LogP contribution in [0, 0.1) is 23.7 Å². The fourth-order valence-corrected chi connectivity index (χ4v) is 3.30. The summed E-state index contributed by atoms with van der Waals surface area (Å²) in [6.45, 7) is -0.785. The molecule has 0 aliphatic heterocycles. The average molecular weight is 494 g/mol.